The fraction of sp³-hybridized carbons (Fsp3) is 0.462. The smallest absolute Gasteiger partial charge is 0.277 e. The minimum Gasteiger partial charge on any atom is -0.496 e. The predicted octanol–water partition coefficient (Wildman–Crippen LogP) is 2.17. The lowest BCUT2D eigenvalue weighted by Crippen LogP contribution is -2.35. The quantitative estimate of drug-likeness (QED) is 0.788. The summed E-state index contributed by atoms with van der Waals surface area (Å²) in [5, 5.41) is 1.44. The highest BCUT2D eigenvalue weighted by Crippen LogP contribution is 2.21. The zero-order valence-electron chi connectivity index (χ0n) is 10.2. The Morgan fingerprint density at radius 2 is 2.24 bits per heavy atom. The van der Waals surface area contributed by atoms with Crippen molar-refractivity contribution in [1.82, 2.24) is 5.06 Å². The third-order valence-electron chi connectivity index (χ3n) is 2.88. The van der Waals surface area contributed by atoms with Crippen molar-refractivity contribution in [1.29, 1.82) is 0 Å². The normalized spacial score (nSPS) is 15.8. The van der Waals surface area contributed by atoms with Gasteiger partial charge in [0.1, 0.15) is 5.75 Å². The Morgan fingerprint density at radius 1 is 1.41 bits per heavy atom. The van der Waals surface area contributed by atoms with Crippen LogP contribution in [0.25, 0.3) is 0 Å². The Bertz CT molecular complexity index is 411. The topological polar surface area (TPSA) is 38.8 Å². The number of ether oxygens (including phenoxy) is 1. The fourth-order valence-electron chi connectivity index (χ4n) is 1.85. The summed E-state index contributed by atoms with van der Waals surface area (Å²) >= 11 is 0. The molecule has 0 saturated carbocycles. The van der Waals surface area contributed by atoms with E-state index in [1.165, 1.54) is 5.06 Å². The second-order valence-electron chi connectivity index (χ2n) is 4.13. The highest BCUT2D eigenvalue weighted by Gasteiger charge is 2.20. The van der Waals surface area contributed by atoms with Gasteiger partial charge in [0, 0.05) is 12.1 Å². The predicted molar refractivity (Wildman–Crippen MR) is 64.0 cm³/mol. The maximum absolute atomic E-state index is 12.1. The molecule has 4 heteroatoms. The average Bonchev–Trinajstić information content (AvgIpc) is 2.39. The van der Waals surface area contributed by atoms with E-state index in [0.29, 0.717) is 18.7 Å². The van der Waals surface area contributed by atoms with Gasteiger partial charge < -0.3 is 4.74 Å². The van der Waals surface area contributed by atoms with E-state index in [-0.39, 0.29) is 5.91 Å². The summed E-state index contributed by atoms with van der Waals surface area (Å²) in [6.07, 6.45) is 2.01. The van der Waals surface area contributed by atoms with Crippen LogP contribution in [0.5, 0.6) is 5.75 Å². The van der Waals surface area contributed by atoms with E-state index < -0.39 is 0 Å². The molecule has 1 aromatic rings. The lowest BCUT2D eigenvalue weighted by molar-refractivity contribution is -0.144. The van der Waals surface area contributed by atoms with Crippen molar-refractivity contribution in [2.45, 2.75) is 19.8 Å². The summed E-state index contributed by atoms with van der Waals surface area (Å²) in [5.74, 6) is 0.635. The SMILES string of the molecule is COc1cc(C(=O)N2CCCCO2)ccc1C. The number of carbonyl (C=O) groups excluding carboxylic acids is 1. The van der Waals surface area contributed by atoms with Gasteiger partial charge in [-0.2, -0.15) is 0 Å². The lowest BCUT2D eigenvalue weighted by atomic mass is 10.1. The van der Waals surface area contributed by atoms with E-state index in [4.69, 9.17) is 9.57 Å². The van der Waals surface area contributed by atoms with Gasteiger partial charge in [-0.1, -0.05) is 6.07 Å². The van der Waals surface area contributed by atoms with Gasteiger partial charge in [0.15, 0.2) is 0 Å². The molecule has 1 amide bonds. The van der Waals surface area contributed by atoms with Crippen molar-refractivity contribution in [2.24, 2.45) is 0 Å². The molecule has 0 atom stereocenters. The first-order valence-corrected chi connectivity index (χ1v) is 5.82. The first kappa shape index (κ1) is 11.9. The zero-order chi connectivity index (χ0) is 12.3. The van der Waals surface area contributed by atoms with Crippen LogP contribution in [0.3, 0.4) is 0 Å². The maximum atomic E-state index is 12.1. The van der Waals surface area contributed by atoms with Crippen LogP contribution >= 0.6 is 0 Å². The highest BCUT2D eigenvalue weighted by atomic mass is 16.7. The summed E-state index contributed by atoms with van der Waals surface area (Å²) < 4.78 is 5.21. The van der Waals surface area contributed by atoms with Gasteiger partial charge in [-0.3, -0.25) is 9.63 Å². The molecule has 0 bridgehead atoms. The number of hydroxylamine groups is 2. The van der Waals surface area contributed by atoms with E-state index in [1.54, 1.807) is 19.2 Å². The van der Waals surface area contributed by atoms with E-state index in [0.717, 1.165) is 24.2 Å². The number of amides is 1. The second-order valence-corrected chi connectivity index (χ2v) is 4.13. The van der Waals surface area contributed by atoms with Crippen LogP contribution < -0.4 is 4.74 Å². The molecule has 17 heavy (non-hydrogen) atoms. The molecule has 1 saturated heterocycles. The van der Waals surface area contributed by atoms with Gasteiger partial charge >= 0.3 is 0 Å². The molecule has 0 N–H and O–H groups in total. The molecule has 1 fully saturated rings. The van der Waals surface area contributed by atoms with Crippen molar-refractivity contribution in [3.63, 3.8) is 0 Å². The molecule has 92 valence electrons. The molecule has 0 aromatic heterocycles. The number of benzene rings is 1. The lowest BCUT2D eigenvalue weighted by Gasteiger charge is -2.26. The molecule has 0 radical (unpaired) electrons. The Balaban J connectivity index is 2.18. The van der Waals surface area contributed by atoms with Gasteiger partial charge in [0.05, 0.1) is 13.7 Å². The number of aryl methyl sites for hydroxylation is 1. The molecule has 1 aromatic carbocycles. The summed E-state index contributed by atoms with van der Waals surface area (Å²) in [6, 6.07) is 5.45. The number of carbonyl (C=O) groups is 1. The first-order valence-electron chi connectivity index (χ1n) is 5.82. The molecule has 0 aliphatic carbocycles. The molecule has 2 rings (SSSR count). The van der Waals surface area contributed by atoms with Crippen molar-refractivity contribution >= 4 is 5.91 Å². The fourth-order valence-corrected chi connectivity index (χ4v) is 1.85. The van der Waals surface area contributed by atoms with Crippen LogP contribution in [0.4, 0.5) is 0 Å². The largest absolute Gasteiger partial charge is 0.496 e. The van der Waals surface area contributed by atoms with Crippen LogP contribution in [-0.2, 0) is 4.84 Å². The van der Waals surface area contributed by atoms with E-state index in [9.17, 15) is 4.79 Å². The van der Waals surface area contributed by atoms with Gasteiger partial charge in [0.25, 0.3) is 5.91 Å². The Labute approximate surface area is 101 Å². The monoisotopic (exact) mass is 235 g/mol. The molecule has 1 aliphatic rings. The number of rotatable bonds is 2. The summed E-state index contributed by atoms with van der Waals surface area (Å²) in [7, 11) is 1.61. The Kier molecular flexibility index (Phi) is 3.64. The number of hydrogen-bond acceptors (Lipinski definition) is 3. The standard InChI is InChI=1S/C13H17NO3/c1-10-5-6-11(9-12(10)16-2)13(15)14-7-3-4-8-17-14/h5-6,9H,3-4,7-8H2,1-2H3. The Morgan fingerprint density at radius 3 is 2.88 bits per heavy atom. The minimum absolute atomic E-state index is 0.0944. The molecule has 4 nitrogen and oxygen atoms in total. The van der Waals surface area contributed by atoms with Crippen LogP contribution in [0.2, 0.25) is 0 Å². The average molecular weight is 235 g/mol. The van der Waals surface area contributed by atoms with Gasteiger partial charge in [0.2, 0.25) is 0 Å². The molecular formula is C13H17NO3. The first-order chi connectivity index (χ1) is 8.22. The third kappa shape index (κ3) is 2.58. The van der Waals surface area contributed by atoms with E-state index in [1.807, 2.05) is 13.0 Å². The highest BCUT2D eigenvalue weighted by molar-refractivity contribution is 5.94. The Hall–Kier alpha value is -1.55. The summed E-state index contributed by atoms with van der Waals surface area (Å²) in [5.41, 5.74) is 1.62. The minimum atomic E-state index is -0.0944. The van der Waals surface area contributed by atoms with Gasteiger partial charge in [-0.15, -0.1) is 0 Å². The summed E-state index contributed by atoms with van der Waals surface area (Å²) in [6.45, 7) is 3.23. The van der Waals surface area contributed by atoms with Crippen LogP contribution in [0.1, 0.15) is 28.8 Å². The van der Waals surface area contributed by atoms with Crippen molar-refractivity contribution in [3.8, 4) is 5.75 Å². The zero-order valence-corrected chi connectivity index (χ0v) is 10.2. The molecule has 1 aliphatic heterocycles. The van der Waals surface area contributed by atoms with Crippen LogP contribution in [0.15, 0.2) is 18.2 Å². The van der Waals surface area contributed by atoms with Gasteiger partial charge in [-0.25, -0.2) is 5.06 Å². The maximum Gasteiger partial charge on any atom is 0.277 e. The molecule has 1 heterocycles. The van der Waals surface area contributed by atoms with Crippen LogP contribution in [-0.4, -0.2) is 31.2 Å². The third-order valence-corrected chi connectivity index (χ3v) is 2.88. The van der Waals surface area contributed by atoms with Crippen molar-refractivity contribution in [2.75, 3.05) is 20.3 Å². The second kappa shape index (κ2) is 5.19. The van der Waals surface area contributed by atoms with Gasteiger partial charge in [-0.05, 0) is 37.5 Å². The number of methoxy groups -OCH3 is 1. The van der Waals surface area contributed by atoms with Crippen LogP contribution in [0, 0.1) is 6.92 Å². The van der Waals surface area contributed by atoms with E-state index >= 15 is 0 Å². The number of nitrogens with zero attached hydrogens (tertiary/aromatic N) is 1. The molecule has 0 spiro atoms. The van der Waals surface area contributed by atoms with Crippen molar-refractivity contribution in [3.05, 3.63) is 29.3 Å². The number of hydrogen-bond donors (Lipinski definition) is 0. The van der Waals surface area contributed by atoms with Crippen molar-refractivity contribution < 1.29 is 14.4 Å². The summed E-state index contributed by atoms with van der Waals surface area (Å²) in [4.78, 5) is 17.5. The van der Waals surface area contributed by atoms with E-state index in [2.05, 4.69) is 0 Å². The molecule has 0 unspecified atom stereocenters. The molecular weight excluding hydrogens is 218 g/mol.